The summed E-state index contributed by atoms with van der Waals surface area (Å²) in [6, 6.07) is 0. The Morgan fingerprint density at radius 2 is 2.33 bits per heavy atom. The van der Waals surface area contributed by atoms with Crippen LogP contribution in [0.2, 0.25) is 0 Å². The second-order valence-corrected chi connectivity index (χ2v) is 4.22. The summed E-state index contributed by atoms with van der Waals surface area (Å²) < 4.78 is 0. The van der Waals surface area contributed by atoms with Crippen molar-refractivity contribution in [2.24, 2.45) is 11.8 Å². The standard InChI is InChI=1S/C11H16O/c1-8-5-6-9-3-2-4-11(12)10(9)7-8/h5,9-10H,2-4,6-7H2,1H3/t9-,10+/m1/s1. The van der Waals surface area contributed by atoms with Crippen molar-refractivity contribution in [1.29, 1.82) is 0 Å². The fraction of sp³-hybridized carbons (Fsp3) is 0.727. The van der Waals surface area contributed by atoms with E-state index in [4.69, 9.17) is 0 Å². The van der Waals surface area contributed by atoms with E-state index in [9.17, 15) is 4.79 Å². The van der Waals surface area contributed by atoms with Crippen molar-refractivity contribution in [1.82, 2.24) is 0 Å². The Labute approximate surface area is 73.8 Å². The second-order valence-electron chi connectivity index (χ2n) is 4.22. The minimum atomic E-state index is 0.392. The van der Waals surface area contributed by atoms with Crippen LogP contribution in [0, 0.1) is 11.8 Å². The highest BCUT2D eigenvalue weighted by atomic mass is 16.1. The second kappa shape index (κ2) is 3.04. The summed E-state index contributed by atoms with van der Waals surface area (Å²) in [5, 5.41) is 0. The van der Waals surface area contributed by atoms with Gasteiger partial charge in [-0.25, -0.2) is 0 Å². The lowest BCUT2D eigenvalue weighted by Crippen LogP contribution is -2.30. The van der Waals surface area contributed by atoms with Gasteiger partial charge in [0.2, 0.25) is 0 Å². The first kappa shape index (κ1) is 8.03. The molecular weight excluding hydrogens is 148 g/mol. The summed E-state index contributed by atoms with van der Waals surface area (Å²) in [6.45, 7) is 2.15. The first-order valence-corrected chi connectivity index (χ1v) is 4.95. The van der Waals surface area contributed by atoms with E-state index in [0.717, 1.165) is 25.7 Å². The van der Waals surface area contributed by atoms with E-state index >= 15 is 0 Å². The largest absolute Gasteiger partial charge is 0.299 e. The van der Waals surface area contributed by atoms with Gasteiger partial charge in [-0.3, -0.25) is 4.79 Å². The van der Waals surface area contributed by atoms with Crippen molar-refractivity contribution in [2.45, 2.75) is 39.0 Å². The molecule has 2 rings (SSSR count). The van der Waals surface area contributed by atoms with E-state index < -0.39 is 0 Å². The summed E-state index contributed by atoms with van der Waals surface area (Å²) in [7, 11) is 0. The number of ketones is 1. The summed E-state index contributed by atoms with van der Waals surface area (Å²) >= 11 is 0. The molecule has 12 heavy (non-hydrogen) atoms. The molecule has 1 nitrogen and oxygen atoms in total. The zero-order valence-electron chi connectivity index (χ0n) is 7.68. The van der Waals surface area contributed by atoms with Gasteiger partial charge in [0.25, 0.3) is 0 Å². The van der Waals surface area contributed by atoms with Crippen LogP contribution >= 0.6 is 0 Å². The zero-order chi connectivity index (χ0) is 8.55. The highest BCUT2D eigenvalue weighted by molar-refractivity contribution is 5.82. The Kier molecular flexibility index (Phi) is 2.03. The average molecular weight is 164 g/mol. The summed E-state index contributed by atoms with van der Waals surface area (Å²) in [5.74, 6) is 1.61. The Bertz CT molecular complexity index is 227. The lowest BCUT2D eigenvalue weighted by atomic mass is 9.71. The molecule has 0 aromatic carbocycles. The summed E-state index contributed by atoms with van der Waals surface area (Å²) in [6.07, 6.45) is 7.77. The van der Waals surface area contributed by atoms with E-state index in [1.165, 1.54) is 12.0 Å². The highest BCUT2D eigenvalue weighted by Gasteiger charge is 2.32. The van der Waals surface area contributed by atoms with Crippen molar-refractivity contribution in [3.8, 4) is 0 Å². The van der Waals surface area contributed by atoms with Crippen LogP contribution in [-0.2, 0) is 4.79 Å². The van der Waals surface area contributed by atoms with Gasteiger partial charge in [-0.1, -0.05) is 11.6 Å². The van der Waals surface area contributed by atoms with Crippen molar-refractivity contribution >= 4 is 5.78 Å². The molecule has 0 heterocycles. The molecule has 1 fully saturated rings. The van der Waals surface area contributed by atoms with Gasteiger partial charge in [-0.05, 0) is 38.5 Å². The summed E-state index contributed by atoms with van der Waals surface area (Å²) in [5.41, 5.74) is 1.42. The maximum atomic E-state index is 11.5. The number of allylic oxidation sites excluding steroid dienone is 2. The molecule has 1 saturated carbocycles. The first-order valence-electron chi connectivity index (χ1n) is 4.95. The third-order valence-corrected chi connectivity index (χ3v) is 3.29. The quantitative estimate of drug-likeness (QED) is 0.503. The molecule has 1 heteroatoms. The molecule has 0 aromatic heterocycles. The molecule has 0 N–H and O–H groups in total. The SMILES string of the molecule is CC1=CC[C@H]2CCCC(=O)[C@H]2C1. The molecule has 0 aromatic rings. The Morgan fingerprint density at radius 3 is 3.17 bits per heavy atom. The molecule has 2 aliphatic carbocycles. The number of carbonyl (C=O) groups excluding carboxylic acids is 1. The molecule has 0 amide bonds. The van der Waals surface area contributed by atoms with E-state index in [2.05, 4.69) is 13.0 Å². The predicted molar refractivity (Wildman–Crippen MR) is 48.8 cm³/mol. The van der Waals surface area contributed by atoms with Gasteiger partial charge in [-0.2, -0.15) is 0 Å². The van der Waals surface area contributed by atoms with E-state index in [-0.39, 0.29) is 0 Å². The van der Waals surface area contributed by atoms with Crippen LogP contribution in [0.25, 0.3) is 0 Å². The first-order chi connectivity index (χ1) is 5.77. The maximum Gasteiger partial charge on any atom is 0.136 e. The van der Waals surface area contributed by atoms with Crippen molar-refractivity contribution in [3.63, 3.8) is 0 Å². The fourth-order valence-electron chi connectivity index (χ4n) is 2.53. The lowest BCUT2D eigenvalue weighted by Gasteiger charge is -2.33. The van der Waals surface area contributed by atoms with Crippen LogP contribution in [0.15, 0.2) is 11.6 Å². The Balaban J connectivity index is 2.15. The van der Waals surface area contributed by atoms with E-state index in [1.807, 2.05) is 0 Å². The predicted octanol–water partition coefficient (Wildman–Crippen LogP) is 2.71. The van der Waals surface area contributed by atoms with Crippen molar-refractivity contribution < 1.29 is 4.79 Å². The maximum absolute atomic E-state index is 11.5. The normalized spacial score (nSPS) is 35.8. The van der Waals surface area contributed by atoms with Crippen LogP contribution < -0.4 is 0 Å². The number of Topliss-reactive ketones (excluding diaryl/α,β-unsaturated/α-hetero) is 1. The van der Waals surface area contributed by atoms with E-state index in [1.54, 1.807) is 0 Å². The van der Waals surface area contributed by atoms with Crippen LogP contribution in [0.4, 0.5) is 0 Å². The average Bonchev–Trinajstić information content (AvgIpc) is 2.07. The number of hydrogen-bond acceptors (Lipinski definition) is 1. The third-order valence-electron chi connectivity index (χ3n) is 3.29. The van der Waals surface area contributed by atoms with Gasteiger partial charge in [-0.15, -0.1) is 0 Å². The highest BCUT2D eigenvalue weighted by Crippen LogP contribution is 2.37. The van der Waals surface area contributed by atoms with Crippen LogP contribution in [0.5, 0.6) is 0 Å². The number of hydrogen-bond donors (Lipinski definition) is 0. The van der Waals surface area contributed by atoms with Gasteiger partial charge < -0.3 is 0 Å². The minimum absolute atomic E-state index is 0.392. The molecule has 66 valence electrons. The van der Waals surface area contributed by atoms with Gasteiger partial charge >= 0.3 is 0 Å². The molecule has 0 saturated heterocycles. The molecular formula is C11H16O. The fourth-order valence-corrected chi connectivity index (χ4v) is 2.53. The number of fused-ring (bicyclic) bond motifs is 1. The smallest absolute Gasteiger partial charge is 0.136 e. The van der Waals surface area contributed by atoms with Crippen LogP contribution in [0.3, 0.4) is 0 Å². The van der Waals surface area contributed by atoms with Crippen molar-refractivity contribution in [2.75, 3.05) is 0 Å². The Hall–Kier alpha value is -0.590. The zero-order valence-corrected chi connectivity index (χ0v) is 7.68. The Morgan fingerprint density at radius 1 is 1.50 bits per heavy atom. The van der Waals surface area contributed by atoms with Crippen LogP contribution in [0.1, 0.15) is 39.0 Å². The lowest BCUT2D eigenvalue weighted by molar-refractivity contribution is -0.126. The van der Waals surface area contributed by atoms with Gasteiger partial charge in [0, 0.05) is 12.3 Å². The summed E-state index contributed by atoms with van der Waals surface area (Å²) in [4.78, 5) is 11.5. The number of carbonyl (C=O) groups is 1. The number of rotatable bonds is 0. The molecule has 2 aliphatic rings. The third kappa shape index (κ3) is 1.33. The van der Waals surface area contributed by atoms with Crippen LogP contribution in [-0.4, -0.2) is 5.78 Å². The molecule has 0 aliphatic heterocycles. The molecule has 0 spiro atoms. The van der Waals surface area contributed by atoms with Gasteiger partial charge in [0.15, 0.2) is 0 Å². The minimum Gasteiger partial charge on any atom is -0.299 e. The van der Waals surface area contributed by atoms with Gasteiger partial charge in [0.1, 0.15) is 5.78 Å². The molecule has 2 atom stereocenters. The van der Waals surface area contributed by atoms with Gasteiger partial charge in [0.05, 0.1) is 0 Å². The van der Waals surface area contributed by atoms with E-state index in [0.29, 0.717) is 17.6 Å². The van der Waals surface area contributed by atoms with Crippen molar-refractivity contribution in [3.05, 3.63) is 11.6 Å². The molecule has 0 radical (unpaired) electrons. The monoisotopic (exact) mass is 164 g/mol. The topological polar surface area (TPSA) is 17.1 Å². The molecule has 0 unspecified atom stereocenters. The molecule has 0 bridgehead atoms.